The zero-order valence-corrected chi connectivity index (χ0v) is 19.6. The number of thiazole rings is 1. The van der Waals surface area contributed by atoms with Crippen LogP contribution in [0.1, 0.15) is 36.8 Å². The molecule has 0 spiro atoms. The predicted molar refractivity (Wildman–Crippen MR) is 126 cm³/mol. The number of aryl methyl sites for hydroxylation is 1. The average Bonchev–Trinajstić information content (AvgIpc) is 3.05. The van der Waals surface area contributed by atoms with Crippen molar-refractivity contribution in [1.82, 2.24) is 15.6 Å². The molecule has 0 saturated heterocycles. The number of unbranched alkanes of at least 4 members (excludes halogenated alkanes) is 1. The minimum Gasteiger partial charge on any atom is -0.381 e. The Labute approximate surface area is 184 Å². The van der Waals surface area contributed by atoms with Gasteiger partial charge in [-0.1, -0.05) is 43.7 Å². The number of nitrogens with one attached hydrogen (secondary N) is 2. The summed E-state index contributed by atoms with van der Waals surface area (Å²) < 4.78 is 5.57. The van der Waals surface area contributed by atoms with E-state index in [9.17, 15) is 0 Å². The van der Waals surface area contributed by atoms with E-state index in [2.05, 4.69) is 41.6 Å². The first kappa shape index (κ1) is 23.8. The number of benzene rings is 1. The Morgan fingerprint density at radius 3 is 2.59 bits per heavy atom. The number of nitrogens with zero attached hydrogens (tertiary/aromatic N) is 2. The van der Waals surface area contributed by atoms with E-state index < -0.39 is 0 Å². The van der Waals surface area contributed by atoms with Gasteiger partial charge in [0.15, 0.2) is 5.96 Å². The standard InChI is InChI=1S/C20H30N4OS.HI/c1-4-5-13-25-14-9-12-22-20(21-3)23-15-18-16(2)24-19(26-18)17-10-7-6-8-11-17;/h6-8,10-11H,4-5,9,12-15H2,1-3H3,(H2,21,22,23);1H. The molecule has 7 heteroatoms. The van der Waals surface area contributed by atoms with E-state index in [0.29, 0.717) is 0 Å². The van der Waals surface area contributed by atoms with E-state index in [1.165, 1.54) is 11.3 Å². The second kappa shape index (κ2) is 13.9. The molecule has 27 heavy (non-hydrogen) atoms. The topological polar surface area (TPSA) is 58.5 Å². The van der Waals surface area contributed by atoms with Crippen LogP contribution in [0.5, 0.6) is 0 Å². The fraction of sp³-hybridized carbons (Fsp3) is 0.500. The number of guanidine groups is 1. The lowest BCUT2D eigenvalue weighted by atomic mass is 10.2. The molecule has 0 aliphatic heterocycles. The first-order valence-electron chi connectivity index (χ1n) is 9.28. The van der Waals surface area contributed by atoms with Crippen molar-refractivity contribution in [2.24, 2.45) is 4.99 Å². The van der Waals surface area contributed by atoms with Crippen LogP contribution in [0.15, 0.2) is 35.3 Å². The molecule has 0 bridgehead atoms. The van der Waals surface area contributed by atoms with Crippen LogP contribution >= 0.6 is 35.3 Å². The van der Waals surface area contributed by atoms with Gasteiger partial charge >= 0.3 is 0 Å². The zero-order valence-electron chi connectivity index (χ0n) is 16.5. The molecule has 0 amide bonds. The molecule has 0 atom stereocenters. The summed E-state index contributed by atoms with van der Waals surface area (Å²) in [5.41, 5.74) is 2.23. The summed E-state index contributed by atoms with van der Waals surface area (Å²) >= 11 is 1.73. The van der Waals surface area contributed by atoms with Crippen LogP contribution in [-0.4, -0.2) is 37.7 Å². The monoisotopic (exact) mass is 502 g/mol. The lowest BCUT2D eigenvalue weighted by Gasteiger charge is -2.11. The SMILES string of the molecule is CCCCOCCCNC(=NC)NCc1sc(-c2ccccc2)nc1C.I. The molecule has 1 heterocycles. The fourth-order valence-corrected chi connectivity index (χ4v) is 3.42. The van der Waals surface area contributed by atoms with Gasteiger partial charge in [-0.15, -0.1) is 35.3 Å². The molecule has 2 rings (SSSR count). The normalized spacial score (nSPS) is 11.1. The van der Waals surface area contributed by atoms with E-state index in [-0.39, 0.29) is 24.0 Å². The Morgan fingerprint density at radius 1 is 1.15 bits per heavy atom. The smallest absolute Gasteiger partial charge is 0.191 e. The highest BCUT2D eigenvalue weighted by atomic mass is 127. The third kappa shape index (κ3) is 8.57. The highest BCUT2D eigenvalue weighted by molar-refractivity contribution is 14.0. The summed E-state index contributed by atoms with van der Waals surface area (Å²) in [6.45, 7) is 7.46. The van der Waals surface area contributed by atoms with Gasteiger partial charge in [-0.05, 0) is 19.8 Å². The molecule has 0 unspecified atom stereocenters. The van der Waals surface area contributed by atoms with E-state index in [1.807, 2.05) is 18.2 Å². The van der Waals surface area contributed by atoms with Crippen molar-refractivity contribution in [3.8, 4) is 10.6 Å². The number of hydrogen-bond acceptors (Lipinski definition) is 4. The summed E-state index contributed by atoms with van der Waals surface area (Å²) in [5.74, 6) is 0.813. The Balaban J connectivity index is 0.00000364. The van der Waals surface area contributed by atoms with Crippen molar-refractivity contribution in [2.75, 3.05) is 26.8 Å². The van der Waals surface area contributed by atoms with Gasteiger partial charge in [-0.3, -0.25) is 4.99 Å². The third-order valence-electron chi connectivity index (χ3n) is 3.95. The van der Waals surface area contributed by atoms with Crippen LogP contribution in [0.25, 0.3) is 10.6 Å². The minimum absolute atomic E-state index is 0. The van der Waals surface area contributed by atoms with E-state index in [4.69, 9.17) is 9.72 Å². The largest absolute Gasteiger partial charge is 0.381 e. The van der Waals surface area contributed by atoms with Crippen molar-refractivity contribution in [2.45, 2.75) is 39.7 Å². The Bertz CT molecular complexity index is 676. The van der Waals surface area contributed by atoms with Gasteiger partial charge in [0, 0.05) is 37.2 Å². The maximum absolute atomic E-state index is 5.57. The first-order chi connectivity index (χ1) is 12.7. The first-order valence-corrected chi connectivity index (χ1v) is 10.1. The molecule has 0 fully saturated rings. The van der Waals surface area contributed by atoms with Gasteiger partial charge in [0.05, 0.1) is 12.2 Å². The molecule has 1 aromatic heterocycles. The van der Waals surface area contributed by atoms with Crippen LogP contribution in [-0.2, 0) is 11.3 Å². The fourth-order valence-electron chi connectivity index (χ4n) is 2.41. The number of hydrogen-bond donors (Lipinski definition) is 2. The van der Waals surface area contributed by atoms with Crippen LogP contribution in [0.4, 0.5) is 0 Å². The van der Waals surface area contributed by atoms with Gasteiger partial charge in [-0.2, -0.15) is 0 Å². The summed E-state index contributed by atoms with van der Waals surface area (Å²) in [7, 11) is 1.79. The zero-order chi connectivity index (χ0) is 18.6. The van der Waals surface area contributed by atoms with E-state index in [1.54, 1.807) is 18.4 Å². The van der Waals surface area contributed by atoms with Crippen LogP contribution in [0.2, 0.25) is 0 Å². The van der Waals surface area contributed by atoms with Crippen molar-refractivity contribution >= 4 is 41.3 Å². The van der Waals surface area contributed by atoms with Gasteiger partial charge in [-0.25, -0.2) is 4.98 Å². The van der Waals surface area contributed by atoms with Gasteiger partial charge in [0.25, 0.3) is 0 Å². The quantitative estimate of drug-likeness (QED) is 0.216. The molecule has 0 radical (unpaired) electrons. The van der Waals surface area contributed by atoms with Gasteiger partial charge in [0.2, 0.25) is 0 Å². The summed E-state index contributed by atoms with van der Waals surface area (Å²) in [4.78, 5) is 10.2. The number of halogens is 1. The molecule has 1 aromatic carbocycles. The number of aliphatic imine (C=N–C) groups is 1. The Kier molecular flexibility index (Phi) is 12.3. The van der Waals surface area contributed by atoms with Gasteiger partial charge < -0.3 is 15.4 Å². The molecule has 5 nitrogen and oxygen atoms in total. The number of aromatic nitrogens is 1. The molecule has 0 aliphatic rings. The van der Waals surface area contributed by atoms with Crippen LogP contribution in [0, 0.1) is 6.92 Å². The third-order valence-corrected chi connectivity index (χ3v) is 5.16. The van der Waals surface area contributed by atoms with Crippen molar-refractivity contribution < 1.29 is 4.74 Å². The lowest BCUT2D eigenvalue weighted by Crippen LogP contribution is -2.37. The molecule has 2 aromatic rings. The summed E-state index contributed by atoms with van der Waals surface area (Å²) in [6, 6.07) is 10.3. The number of rotatable bonds is 10. The maximum atomic E-state index is 5.57. The van der Waals surface area contributed by atoms with Crippen molar-refractivity contribution in [3.05, 3.63) is 40.9 Å². The molecular formula is C20H31IN4OS. The highest BCUT2D eigenvalue weighted by Gasteiger charge is 2.09. The summed E-state index contributed by atoms with van der Waals surface area (Å²) in [5, 5.41) is 7.76. The molecule has 150 valence electrons. The van der Waals surface area contributed by atoms with Crippen LogP contribution < -0.4 is 10.6 Å². The van der Waals surface area contributed by atoms with Gasteiger partial charge in [0.1, 0.15) is 5.01 Å². The highest BCUT2D eigenvalue weighted by Crippen LogP contribution is 2.27. The van der Waals surface area contributed by atoms with E-state index in [0.717, 1.165) is 61.4 Å². The molecule has 0 aliphatic carbocycles. The van der Waals surface area contributed by atoms with Crippen molar-refractivity contribution in [1.29, 1.82) is 0 Å². The predicted octanol–water partition coefficient (Wildman–Crippen LogP) is 4.61. The van der Waals surface area contributed by atoms with Crippen molar-refractivity contribution in [3.63, 3.8) is 0 Å². The van der Waals surface area contributed by atoms with Crippen LogP contribution in [0.3, 0.4) is 0 Å². The molecular weight excluding hydrogens is 471 g/mol. The lowest BCUT2D eigenvalue weighted by molar-refractivity contribution is 0.129. The minimum atomic E-state index is 0. The second-order valence-electron chi connectivity index (χ2n) is 6.07. The molecule has 2 N–H and O–H groups in total. The molecule has 0 saturated carbocycles. The Hall–Kier alpha value is -1.19. The average molecular weight is 502 g/mol. The number of ether oxygens (including phenoxy) is 1. The Morgan fingerprint density at radius 2 is 1.89 bits per heavy atom. The van der Waals surface area contributed by atoms with E-state index >= 15 is 0 Å². The summed E-state index contributed by atoms with van der Waals surface area (Å²) in [6.07, 6.45) is 3.29. The second-order valence-corrected chi connectivity index (χ2v) is 7.15. The maximum Gasteiger partial charge on any atom is 0.191 e.